The second kappa shape index (κ2) is 5.40. The van der Waals surface area contributed by atoms with Gasteiger partial charge in [-0.15, -0.1) is 0 Å². The number of nitrogens with one attached hydrogen (secondary N) is 1. The summed E-state index contributed by atoms with van der Waals surface area (Å²) < 4.78 is 14.0. The quantitative estimate of drug-likeness (QED) is 0.890. The average molecular weight is 310 g/mol. The van der Waals surface area contributed by atoms with Crippen molar-refractivity contribution in [2.75, 3.05) is 5.32 Å². The molecule has 0 aromatic heterocycles. The fourth-order valence-corrected chi connectivity index (χ4v) is 2.08. The van der Waals surface area contributed by atoms with E-state index >= 15 is 0 Å². The number of hydrogen-bond donors (Lipinski definition) is 2. The molecule has 0 spiro atoms. The molecule has 0 unspecified atom stereocenters. The van der Waals surface area contributed by atoms with Gasteiger partial charge in [-0.3, -0.25) is 0 Å². The van der Waals surface area contributed by atoms with Crippen molar-refractivity contribution < 1.29 is 9.50 Å². The Morgan fingerprint density at radius 2 is 2.06 bits per heavy atom. The number of phenols is 1. The van der Waals surface area contributed by atoms with Gasteiger partial charge in [-0.25, -0.2) is 4.39 Å². The van der Waals surface area contributed by atoms with Crippen molar-refractivity contribution in [3.8, 4) is 5.75 Å². The number of halogens is 2. The van der Waals surface area contributed by atoms with E-state index in [0.29, 0.717) is 16.6 Å². The van der Waals surface area contributed by atoms with E-state index in [0.717, 1.165) is 11.3 Å². The van der Waals surface area contributed by atoms with E-state index in [1.807, 2.05) is 18.2 Å². The van der Waals surface area contributed by atoms with Crippen molar-refractivity contribution in [2.24, 2.45) is 0 Å². The largest absolute Gasteiger partial charge is 0.507 e. The summed E-state index contributed by atoms with van der Waals surface area (Å²) in [6.07, 6.45) is 0. The first-order valence-electron chi connectivity index (χ1n) is 5.54. The van der Waals surface area contributed by atoms with Crippen molar-refractivity contribution in [3.05, 3.63) is 57.8 Å². The smallest absolute Gasteiger partial charge is 0.129 e. The lowest BCUT2D eigenvalue weighted by Gasteiger charge is -2.10. The van der Waals surface area contributed by atoms with Gasteiger partial charge < -0.3 is 10.4 Å². The predicted octanol–water partition coefficient (Wildman–Crippen LogP) is 4.21. The first kappa shape index (κ1) is 12.9. The van der Waals surface area contributed by atoms with Crippen LogP contribution < -0.4 is 5.32 Å². The molecule has 0 bridgehead atoms. The molecule has 2 aromatic carbocycles. The Labute approximate surface area is 114 Å². The summed E-state index contributed by atoms with van der Waals surface area (Å²) in [4.78, 5) is 0. The number of rotatable bonds is 3. The summed E-state index contributed by atoms with van der Waals surface area (Å²) in [5.74, 6) is -0.00688. The number of hydrogen-bond acceptors (Lipinski definition) is 2. The zero-order chi connectivity index (χ0) is 13.1. The zero-order valence-corrected chi connectivity index (χ0v) is 11.5. The molecule has 0 saturated heterocycles. The first-order valence-corrected chi connectivity index (χ1v) is 6.33. The Hall–Kier alpha value is -1.55. The van der Waals surface area contributed by atoms with E-state index in [-0.39, 0.29) is 11.6 Å². The van der Waals surface area contributed by atoms with E-state index in [1.54, 1.807) is 19.1 Å². The molecule has 0 saturated carbocycles. The third-order valence-electron chi connectivity index (χ3n) is 2.76. The minimum atomic E-state index is -0.216. The summed E-state index contributed by atoms with van der Waals surface area (Å²) in [5.41, 5.74) is 2.39. The molecule has 0 heterocycles. The van der Waals surface area contributed by atoms with Gasteiger partial charge in [0.2, 0.25) is 0 Å². The molecule has 0 aliphatic heterocycles. The van der Waals surface area contributed by atoms with Crippen molar-refractivity contribution in [1.82, 2.24) is 0 Å². The van der Waals surface area contributed by atoms with Gasteiger partial charge in [0, 0.05) is 17.8 Å². The molecule has 18 heavy (non-hydrogen) atoms. The maximum absolute atomic E-state index is 13.3. The summed E-state index contributed by atoms with van der Waals surface area (Å²) in [6.45, 7) is 2.31. The molecule has 2 nitrogen and oxygen atoms in total. The van der Waals surface area contributed by atoms with Crippen molar-refractivity contribution in [2.45, 2.75) is 13.5 Å². The van der Waals surface area contributed by atoms with E-state index in [9.17, 15) is 9.50 Å². The molecule has 0 radical (unpaired) electrons. The molecular weight excluding hydrogens is 297 g/mol. The maximum Gasteiger partial charge on any atom is 0.129 e. The van der Waals surface area contributed by atoms with Crippen LogP contribution in [0.25, 0.3) is 0 Å². The molecule has 2 N–H and O–H groups in total. The van der Waals surface area contributed by atoms with Crippen LogP contribution in [-0.2, 0) is 6.54 Å². The first-order chi connectivity index (χ1) is 8.58. The highest BCUT2D eigenvalue weighted by Crippen LogP contribution is 2.25. The molecule has 0 atom stereocenters. The standard InChI is InChI=1S/C14H13BrFNO/c1-9-12(16)3-2-4-13(9)17-8-10-5-6-14(18)11(15)7-10/h2-7,17-18H,8H2,1H3. The van der Waals surface area contributed by atoms with Crippen molar-refractivity contribution in [3.63, 3.8) is 0 Å². The minimum Gasteiger partial charge on any atom is -0.507 e. The van der Waals surface area contributed by atoms with Crippen LogP contribution in [-0.4, -0.2) is 5.11 Å². The van der Waals surface area contributed by atoms with Crippen LogP contribution >= 0.6 is 15.9 Å². The molecule has 4 heteroatoms. The second-order valence-corrected chi connectivity index (χ2v) is 4.91. The number of aromatic hydroxyl groups is 1. The van der Waals surface area contributed by atoms with Crippen LogP contribution in [0, 0.1) is 12.7 Å². The highest BCUT2D eigenvalue weighted by molar-refractivity contribution is 9.10. The Morgan fingerprint density at radius 1 is 1.28 bits per heavy atom. The lowest BCUT2D eigenvalue weighted by molar-refractivity contribution is 0.471. The number of benzene rings is 2. The van der Waals surface area contributed by atoms with Crippen LogP contribution in [0.4, 0.5) is 10.1 Å². The Kier molecular flexibility index (Phi) is 3.87. The Bertz CT molecular complexity index is 572. The molecule has 2 rings (SSSR count). The summed E-state index contributed by atoms with van der Waals surface area (Å²) in [7, 11) is 0. The minimum absolute atomic E-state index is 0.209. The molecule has 0 aliphatic rings. The summed E-state index contributed by atoms with van der Waals surface area (Å²) in [6, 6.07) is 10.2. The van der Waals surface area contributed by atoms with E-state index in [2.05, 4.69) is 21.2 Å². The van der Waals surface area contributed by atoms with Crippen LogP contribution in [0.3, 0.4) is 0 Å². The molecular formula is C14H13BrFNO. The molecule has 2 aromatic rings. The van der Waals surface area contributed by atoms with Crippen LogP contribution in [0.1, 0.15) is 11.1 Å². The van der Waals surface area contributed by atoms with Gasteiger partial charge in [0.1, 0.15) is 11.6 Å². The molecule has 0 aliphatic carbocycles. The number of anilines is 1. The van der Waals surface area contributed by atoms with Crippen molar-refractivity contribution in [1.29, 1.82) is 0 Å². The van der Waals surface area contributed by atoms with Gasteiger partial charge in [0.25, 0.3) is 0 Å². The Morgan fingerprint density at radius 3 is 2.78 bits per heavy atom. The second-order valence-electron chi connectivity index (χ2n) is 4.05. The topological polar surface area (TPSA) is 32.3 Å². The van der Waals surface area contributed by atoms with Crippen LogP contribution in [0.2, 0.25) is 0 Å². The third-order valence-corrected chi connectivity index (χ3v) is 3.40. The SMILES string of the molecule is Cc1c(F)cccc1NCc1ccc(O)c(Br)c1. The molecule has 0 fully saturated rings. The lowest BCUT2D eigenvalue weighted by Crippen LogP contribution is -2.02. The normalized spacial score (nSPS) is 10.4. The third kappa shape index (κ3) is 2.82. The fourth-order valence-electron chi connectivity index (χ4n) is 1.66. The summed E-state index contributed by atoms with van der Waals surface area (Å²) >= 11 is 3.26. The van der Waals surface area contributed by atoms with Gasteiger partial charge in [-0.1, -0.05) is 12.1 Å². The lowest BCUT2D eigenvalue weighted by atomic mass is 10.1. The van der Waals surface area contributed by atoms with E-state index in [4.69, 9.17) is 0 Å². The van der Waals surface area contributed by atoms with Crippen LogP contribution in [0.15, 0.2) is 40.9 Å². The highest BCUT2D eigenvalue weighted by atomic mass is 79.9. The van der Waals surface area contributed by atoms with Gasteiger partial charge in [-0.05, 0) is 52.7 Å². The average Bonchev–Trinajstić information content (AvgIpc) is 2.35. The summed E-state index contributed by atoms with van der Waals surface area (Å²) in [5, 5.41) is 12.6. The molecule has 94 valence electrons. The monoisotopic (exact) mass is 309 g/mol. The zero-order valence-electron chi connectivity index (χ0n) is 9.87. The van der Waals surface area contributed by atoms with Gasteiger partial charge in [0.15, 0.2) is 0 Å². The Balaban J connectivity index is 2.11. The van der Waals surface area contributed by atoms with Crippen molar-refractivity contribution >= 4 is 21.6 Å². The number of phenolic OH excluding ortho intramolecular Hbond substituents is 1. The maximum atomic E-state index is 13.3. The van der Waals surface area contributed by atoms with E-state index in [1.165, 1.54) is 6.07 Å². The van der Waals surface area contributed by atoms with Gasteiger partial charge in [0.05, 0.1) is 4.47 Å². The molecule has 0 amide bonds. The fraction of sp³-hybridized carbons (Fsp3) is 0.143. The van der Waals surface area contributed by atoms with E-state index < -0.39 is 0 Å². The van der Waals surface area contributed by atoms with Crippen LogP contribution in [0.5, 0.6) is 5.75 Å². The van der Waals surface area contributed by atoms with Gasteiger partial charge in [-0.2, -0.15) is 0 Å². The van der Waals surface area contributed by atoms with Gasteiger partial charge >= 0.3 is 0 Å². The predicted molar refractivity (Wildman–Crippen MR) is 74.3 cm³/mol. The highest BCUT2D eigenvalue weighted by Gasteiger charge is 2.04.